The number of hydrogen-bond acceptors (Lipinski definition) is 3. The Hall–Kier alpha value is -3.12. The van der Waals surface area contributed by atoms with Gasteiger partial charge in [0.05, 0.1) is 16.1 Å². The first-order valence-electron chi connectivity index (χ1n) is 9.87. The molecule has 1 amide bonds. The number of fused-ring (bicyclic) bond motifs is 1. The van der Waals surface area contributed by atoms with Gasteiger partial charge in [0.25, 0.3) is 15.9 Å². The minimum atomic E-state index is -3.80. The van der Waals surface area contributed by atoms with Gasteiger partial charge in [-0.15, -0.1) is 0 Å². The predicted molar refractivity (Wildman–Crippen MR) is 120 cm³/mol. The number of hydrogen-bond donors (Lipinski definition) is 0. The Balaban J connectivity index is 1.74. The van der Waals surface area contributed by atoms with Crippen LogP contribution in [0, 0.1) is 6.92 Å². The molecule has 1 heterocycles. The number of anilines is 2. The lowest BCUT2D eigenvalue weighted by Crippen LogP contribution is -2.37. The molecule has 30 heavy (non-hydrogen) atoms. The quantitative estimate of drug-likeness (QED) is 0.628. The Morgan fingerprint density at radius 2 is 1.60 bits per heavy atom. The maximum absolute atomic E-state index is 13.6. The summed E-state index contributed by atoms with van der Waals surface area (Å²) < 4.78 is 27.6. The second-order valence-corrected chi connectivity index (χ2v) is 9.63. The topological polar surface area (TPSA) is 57.7 Å². The van der Waals surface area contributed by atoms with Gasteiger partial charge in [0.2, 0.25) is 0 Å². The SMILES string of the molecule is Cc1ccc(S(=O)(=O)N(C)c2ccccc2C(=O)N2c3ccccc3C[C@@H]2C)cc1. The maximum atomic E-state index is 13.6. The van der Waals surface area contributed by atoms with Gasteiger partial charge in [-0.25, -0.2) is 8.42 Å². The van der Waals surface area contributed by atoms with Crippen LogP contribution in [0.25, 0.3) is 0 Å². The molecule has 4 rings (SSSR count). The molecule has 0 aromatic heterocycles. The monoisotopic (exact) mass is 420 g/mol. The van der Waals surface area contributed by atoms with Crippen molar-refractivity contribution in [3.05, 3.63) is 89.5 Å². The molecule has 0 saturated carbocycles. The first-order chi connectivity index (χ1) is 14.3. The van der Waals surface area contributed by atoms with Crippen molar-refractivity contribution in [3.8, 4) is 0 Å². The third kappa shape index (κ3) is 3.37. The molecule has 0 saturated heterocycles. The van der Waals surface area contributed by atoms with Crippen molar-refractivity contribution in [1.82, 2.24) is 0 Å². The van der Waals surface area contributed by atoms with Crippen molar-refractivity contribution in [2.45, 2.75) is 31.2 Å². The van der Waals surface area contributed by atoms with Gasteiger partial charge in [-0.05, 0) is 56.2 Å². The lowest BCUT2D eigenvalue weighted by Gasteiger charge is -2.27. The van der Waals surface area contributed by atoms with Crippen molar-refractivity contribution in [3.63, 3.8) is 0 Å². The van der Waals surface area contributed by atoms with Crippen molar-refractivity contribution >= 4 is 27.3 Å². The molecule has 1 aliphatic rings. The summed E-state index contributed by atoms with van der Waals surface area (Å²) in [6.45, 7) is 3.91. The zero-order valence-corrected chi connectivity index (χ0v) is 18.1. The third-order valence-corrected chi connectivity index (χ3v) is 7.36. The fourth-order valence-corrected chi connectivity index (χ4v) is 5.15. The van der Waals surface area contributed by atoms with Crippen LogP contribution in [0.2, 0.25) is 0 Å². The van der Waals surface area contributed by atoms with Gasteiger partial charge < -0.3 is 4.90 Å². The normalized spacial score (nSPS) is 15.7. The third-order valence-electron chi connectivity index (χ3n) is 5.58. The summed E-state index contributed by atoms with van der Waals surface area (Å²) >= 11 is 0. The highest BCUT2D eigenvalue weighted by Crippen LogP contribution is 2.35. The Kier molecular flexibility index (Phi) is 5.12. The molecular weight excluding hydrogens is 396 g/mol. The molecule has 0 unspecified atom stereocenters. The number of carbonyl (C=O) groups excluding carboxylic acids is 1. The van der Waals surface area contributed by atoms with E-state index in [1.165, 1.54) is 11.4 Å². The Morgan fingerprint density at radius 1 is 0.967 bits per heavy atom. The van der Waals surface area contributed by atoms with Gasteiger partial charge in [-0.1, -0.05) is 48.0 Å². The van der Waals surface area contributed by atoms with E-state index in [1.54, 1.807) is 53.4 Å². The summed E-state index contributed by atoms with van der Waals surface area (Å²) in [5.74, 6) is -0.200. The molecule has 6 heteroatoms. The second kappa shape index (κ2) is 7.61. The van der Waals surface area contributed by atoms with Crippen molar-refractivity contribution < 1.29 is 13.2 Å². The van der Waals surface area contributed by atoms with Gasteiger partial charge in [-0.3, -0.25) is 9.10 Å². The zero-order chi connectivity index (χ0) is 21.5. The van der Waals surface area contributed by atoms with Crippen LogP contribution in [0.15, 0.2) is 77.7 Å². The average molecular weight is 421 g/mol. The highest BCUT2D eigenvalue weighted by Gasteiger charge is 2.33. The summed E-state index contributed by atoms with van der Waals surface area (Å²) in [4.78, 5) is 15.5. The Morgan fingerprint density at radius 3 is 2.33 bits per heavy atom. The highest BCUT2D eigenvalue weighted by molar-refractivity contribution is 7.92. The number of sulfonamides is 1. The van der Waals surface area contributed by atoms with E-state index in [1.807, 2.05) is 38.1 Å². The standard InChI is InChI=1S/C24H24N2O3S/c1-17-12-14-20(15-13-17)30(28,29)25(3)23-11-7-5-9-21(23)24(27)26-18(2)16-19-8-4-6-10-22(19)26/h4-15,18H,16H2,1-3H3/t18-/m0/s1. The smallest absolute Gasteiger partial charge is 0.264 e. The number of para-hydroxylation sites is 2. The highest BCUT2D eigenvalue weighted by atomic mass is 32.2. The van der Waals surface area contributed by atoms with E-state index in [-0.39, 0.29) is 16.8 Å². The van der Waals surface area contributed by atoms with Gasteiger partial charge in [0.15, 0.2) is 0 Å². The van der Waals surface area contributed by atoms with Crippen LogP contribution in [0.4, 0.5) is 11.4 Å². The van der Waals surface area contributed by atoms with E-state index >= 15 is 0 Å². The molecule has 3 aromatic carbocycles. The molecule has 0 radical (unpaired) electrons. The van der Waals surface area contributed by atoms with Crippen LogP contribution in [0.1, 0.15) is 28.4 Å². The molecule has 0 N–H and O–H groups in total. The van der Waals surface area contributed by atoms with Crippen LogP contribution in [0.5, 0.6) is 0 Å². The second-order valence-electron chi connectivity index (χ2n) is 7.66. The van der Waals surface area contributed by atoms with Crippen LogP contribution >= 0.6 is 0 Å². The number of nitrogens with zero attached hydrogens (tertiary/aromatic N) is 2. The zero-order valence-electron chi connectivity index (χ0n) is 17.2. The molecule has 154 valence electrons. The summed E-state index contributed by atoms with van der Waals surface area (Å²) in [5, 5.41) is 0. The van der Waals surface area contributed by atoms with E-state index in [0.29, 0.717) is 11.3 Å². The molecule has 1 aliphatic heterocycles. The first kappa shape index (κ1) is 20.2. The number of rotatable bonds is 4. The Bertz CT molecular complexity index is 1200. The Labute approximate surface area is 177 Å². The molecule has 0 bridgehead atoms. The maximum Gasteiger partial charge on any atom is 0.264 e. The number of benzene rings is 3. The van der Waals surface area contributed by atoms with E-state index < -0.39 is 10.0 Å². The van der Waals surface area contributed by atoms with E-state index in [0.717, 1.165) is 23.2 Å². The number of carbonyl (C=O) groups is 1. The lowest BCUT2D eigenvalue weighted by atomic mass is 10.1. The number of aryl methyl sites for hydroxylation is 1. The van der Waals surface area contributed by atoms with Crippen molar-refractivity contribution in [2.24, 2.45) is 0 Å². The predicted octanol–water partition coefficient (Wildman–Crippen LogP) is 4.41. The van der Waals surface area contributed by atoms with Crippen LogP contribution in [-0.2, 0) is 16.4 Å². The van der Waals surface area contributed by atoms with E-state index in [4.69, 9.17) is 0 Å². The molecule has 5 nitrogen and oxygen atoms in total. The summed E-state index contributed by atoms with van der Waals surface area (Å²) in [7, 11) is -2.31. The molecule has 0 fully saturated rings. The molecular formula is C24H24N2O3S. The first-order valence-corrected chi connectivity index (χ1v) is 11.3. The fraction of sp³-hybridized carbons (Fsp3) is 0.208. The number of amides is 1. The molecule has 3 aromatic rings. The van der Waals surface area contributed by atoms with Gasteiger partial charge >= 0.3 is 0 Å². The van der Waals surface area contributed by atoms with Crippen molar-refractivity contribution in [2.75, 3.05) is 16.3 Å². The van der Waals surface area contributed by atoms with Crippen LogP contribution < -0.4 is 9.21 Å². The molecule has 1 atom stereocenters. The fourth-order valence-electron chi connectivity index (χ4n) is 3.93. The lowest BCUT2D eigenvalue weighted by molar-refractivity contribution is 0.0982. The largest absolute Gasteiger partial charge is 0.305 e. The van der Waals surface area contributed by atoms with Crippen LogP contribution in [0.3, 0.4) is 0 Å². The average Bonchev–Trinajstić information content (AvgIpc) is 3.08. The summed E-state index contributed by atoms with van der Waals surface area (Å²) in [6, 6.07) is 21.4. The minimum Gasteiger partial charge on any atom is -0.305 e. The van der Waals surface area contributed by atoms with Crippen molar-refractivity contribution in [1.29, 1.82) is 0 Å². The van der Waals surface area contributed by atoms with Gasteiger partial charge in [0.1, 0.15) is 0 Å². The summed E-state index contributed by atoms with van der Waals surface area (Å²) in [5.41, 5.74) is 3.71. The van der Waals surface area contributed by atoms with E-state index in [9.17, 15) is 13.2 Å². The van der Waals surface area contributed by atoms with E-state index in [2.05, 4.69) is 0 Å². The molecule has 0 aliphatic carbocycles. The van der Waals surface area contributed by atoms with Gasteiger partial charge in [0, 0.05) is 18.8 Å². The minimum absolute atomic E-state index is 0.00182. The van der Waals surface area contributed by atoms with Gasteiger partial charge in [-0.2, -0.15) is 0 Å². The molecule has 0 spiro atoms. The van der Waals surface area contributed by atoms with Crippen LogP contribution in [-0.4, -0.2) is 27.4 Å². The summed E-state index contributed by atoms with van der Waals surface area (Å²) in [6.07, 6.45) is 0.779.